The highest BCUT2D eigenvalue weighted by molar-refractivity contribution is 5.94. The number of aliphatic hydroxyl groups excluding tert-OH is 1. The maximum absolute atomic E-state index is 12.2. The maximum atomic E-state index is 12.2. The van der Waals surface area contributed by atoms with Crippen molar-refractivity contribution in [3.63, 3.8) is 0 Å². The van der Waals surface area contributed by atoms with E-state index in [2.05, 4.69) is 15.2 Å². The number of rotatable bonds is 4. The second-order valence-corrected chi connectivity index (χ2v) is 6.23. The zero-order valence-electron chi connectivity index (χ0n) is 13.9. The van der Waals surface area contributed by atoms with E-state index in [0.717, 1.165) is 43.0 Å². The van der Waals surface area contributed by atoms with Crippen LogP contribution in [0.15, 0.2) is 42.5 Å². The molecule has 1 aliphatic rings. The van der Waals surface area contributed by atoms with E-state index >= 15 is 0 Å². The molecule has 0 bridgehead atoms. The van der Waals surface area contributed by atoms with Gasteiger partial charge in [-0.1, -0.05) is 18.2 Å². The molecule has 5 nitrogen and oxygen atoms in total. The number of nitrogens with one attached hydrogen (secondary N) is 1. The summed E-state index contributed by atoms with van der Waals surface area (Å²) >= 11 is 0. The number of anilines is 1. The van der Waals surface area contributed by atoms with Crippen molar-refractivity contribution in [2.45, 2.75) is 32.4 Å². The predicted molar refractivity (Wildman–Crippen MR) is 94.0 cm³/mol. The lowest BCUT2D eigenvalue weighted by atomic mass is 10.0. The highest BCUT2D eigenvalue weighted by Gasteiger charge is 2.22. The minimum Gasteiger partial charge on any atom is -0.392 e. The lowest BCUT2D eigenvalue weighted by Gasteiger charge is -2.33. The van der Waals surface area contributed by atoms with Gasteiger partial charge in [-0.3, -0.25) is 4.79 Å². The van der Waals surface area contributed by atoms with E-state index in [9.17, 15) is 9.90 Å². The molecule has 1 aliphatic heterocycles. The molecule has 2 aromatic rings. The van der Waals surface area contributed by atoms with Crippen molar-refractivity contribution in [1.82, 2.24) is 10.3 Å². The van der Waals surface area contributed by atoms with Gasteiger partial charge in [0, 0.05) is 30.4 Å². The lowest BCUT2D eigenvalue weighted by Crippen LogP contribution is -2.45. The smallest absolute Gasteiger partial charge is 0.251 e. The van der Waals surface area contributed by atoms with Gasteiger partial charge < -0.3 is 15.3 Å². The number of aryl methyl sites for hydroxylation is 1. The number of pyridine rings is 1. The largest absolute Gasteiger partial charge is 0.392 e. The molecule has 0 atom stereocenters. The molecule has 0 radical (unpaired) electrons. The zero-order valence-corrected chi connectivity index (χ0v) is 13.9. The maximum Gasteiger partial charge on any atom is 0.251 e. The van der Waals surface area contributed by atoms with Gasteiger partial charge in [-0.05, 0) is 49.6 Å². The first-order valence-corrected chi connectivity index (χ1v) is 8.35. The van der Waals surface area contributed by atoms with Crippen LogP contribution in [0.1, 0.15) is 34.5 Å². The summed E-state index contributed by atoms with van der Waals surface area (Å²) in [5.74, 6) is 0.900. The molecule has 126 valence electrons. The van der Waals surface area contributed by atoms with Gasteiger partial charge in [-0.2, -0.15) is 0 Å². The van der Waals surface area contributed by atoms with Gasteiger partial charge in [-0.25, -0.2) is 4.98 Å². The molecule has 2 heterocycles. The fourth-order valence-corrected chi connectivity index (χ4v) is 3.09. The molecule has 0 unspecified atom stereocenters. The Bertz CT molecular complexity index is 695. The van der Waals surface area contributed by atoms with Gasteiger partial charge in [-0.15, -0.1) is 0 Å². The van der Waals surface area contributed by atoms with Crippen LogP contribution in [0.2, 0.25) is 0 Å². The summed E-state index contributed by atoms with van der Waals surface area (Å²) < 4.78 is 0. The van der Waals surface area contributed by atoms with E-state index < -0.39 is 0 Å². The molecule has 1 amide bonds. The molecular formula is C19H23N3O2. The van der Waals surface area contributed by atoms with Crippen LogP contribution >= 0.6 is 0 Å². The van der Waals surface area contributed by atoms with Crippen LogP contribution in [0.4, 0.5) is 5.82 Å². The fourth-order valence-electron chi connectivity index (χ4n) is 3.09. The van der Waals surface area contributed by atoms with Crippen LogP contribution in [0, 0.1) is 6.92 Å². The molecule has 3 rings (SSSR count). The first kappa shape index (κ1) is 16.5. The number of nitrogens with zero attached hydrogens (tertiary/aromatic N) is 2. The SMILES string of the molecule is Cc1cc(CO)cc(N2CCC(NC(=O)c3ccccc3)CC2)n1. The number of piperidine rings is 1. The van der Waals surface area contributed by atoms with Crippen LogP contribution in [0.3, 0.4) is 0 Å². The van der Waals surface area contributed by atoms with Crippen molar-refractivity contribution in [1.29, 1.82) is 0 Å². The average Bonchev–Trinajstić information content (AvgIpc) is 2.62. The number of amides is 1. The summed E-state index contributed by atoms with van der Waals surface area (Å²) in [7, 11) is 0. The molecular weight excluding hydrogens is 302 g/mol. The second kappa shape index (κ2) is 7.45. The van der Waals surface area contributed by atoms with E-state index in [1.54, 1.807) is 0 Å². The van der Waals surface area contributed by atoms with Crippen molar-refractivity contribution in [2.75, 3.05) is 18.0 Å². The van der Waals surface area contributed by atoms with Crippen LogP contribution in [-0.2, 0) is 6.61 Å². The second-order valence-electron chi connectivity index (χ2n) is 6.23. The third-order valence-electron chi connectivity index (χ3n) is 4.37. The highest BCUT2D eigenvalue weighted by atomic mass is 16.3. The van der Waals surface area contributed by atoms with Crippen molar-refractivity contribution >= 4 is 11.7 Å². The quantitative estimate of drug-likeness (QED) is 0.905. The Morgan fingerprint density at radius 2 is 1.96 bits per heavy atom. The van der Waals surface area contributed by atoms with Crippen molar-refractivity contribution in [3.05, 3.63) is 59.3 Å². The Hall–Kier alpha value is -2.40. The van der Waals surface area contributed by atoms with E-state index in [4.69, 9.17) is 0 Å². The molecule has 0 saturated carbocycles. The van der Waals surface area contributed by atoms with Crippen molar-refractivity contribution < 1.29 is 9.90 Å². The molecule has 1 aromatic carbocycles. The number of hydrogen-bond acceptors (Lipinski definition) is 4. The minimum absolute atomic E-state index is 0.00898. The van der Waals surface area contributed by atoms with Gasteiger partial charge in [0.2, 0.25) is 0 Å². The van der Waals surface area contributed by atoms with Gasteiger partial charge in [0.05, 0.1) is 6.61 Å². The first-order valence-electron chi connectivity index (χ1n) is 8.35. The van der Waals surface area contributed by atoms with Gasteiger partial charge in [0.25, 0.3) is 5.91 Å². The predicted octanol–water partition coefficient (Wildman–Crippen LogP) is 2.28. The minimum atomic E-state index is -0.00898. The normalized spacial score (nSPS) is 15.3. The van der Waals surface area contributed by atoms with Gasteiger partial charge >= 0.3 is 0 Å². The number of aliphatic hydroxyl groups is 1. The Kier molecular flexibility index (Phi) is 5.11. The van der Waals surface area contributed by atoms with Crippen LogP contribution < -0.4 is 10.2 Å². The van der Waals surface area contributed by atoms with E-state index in [-0.39, 0.29) is 18.6 Å². The van der Waals surface area contributed by atoms with Crippen LogP contribution in [0.25, 0.3) is 0 Å². The number of carbonyl (C=O) groups is 1. The molecule has 0 spiro atoms. The van der Waals surface area contributed by atoms with E-state index in [0.29, 0.717) is 5.56 Å². The molecule has 24 heavy (non-hydrogen) atoms. The highest BCUT2D eigenvalue weighted by Crippen LogP contribution is 2.20. The number of aromatic nitrogens is 1. The Morgan fingerprint density at radius 1 is 1.25 bits per heavy atom. The zero-order chi connectivity index (χ0) is 16.9. The fraction of sp³-hybridized carbons (Fsp3) is 0.368. The standard InChI is InChI=1S/C19H23N3O2/c1-14-11-15(13-23)12-18(20-14)22-9-7-17(8-10-22)21-19(24)16-5-3-2-4-6-16/h2-6,11-12,17,23H,7-10,13H2,1H3,(H,21,24). The van der Waals surface area contributed by atoms with Crippen LogP contribution in [-0.4, -0.2) is 35.1 Å². The third-order valence-corrected chi connectivity index (χ3v) is 4.37. The number of benzene rings is 1. The Labute approximate surface area is 142 Å². The topological polar surface area (TPSA) is 65.5 Å². The average molecular weight is 325 g/mol. The van der Waals surface area contributed by atoms with Gasteiger partial charge in [0.1, 0.15) is 5.82 Å². The molecule has 1 saturated heterocycles. The lowest BCUT2D eigenvalue weighted by molar-refractivity contribution is 0.0931. The monoisotopic (exact) mass is 325 g/mol. The molecule has 1 fully saturated rings. The summed E-state index contributed by atoms with van der Waals surface area (Å²) in [6, 6.07) is 13.3. The Morgan fingerprint density at radius 3 is 2.62 bits per heavy atom. The first-order chi connectivity index (χ1) is 11.7. The van der Waals surface area contributed by atoms with Crippen LogP contribution in [0.5, 0.6) is 0 Å². The molecule has 1 aromatic heterocycles. The van der Waals surface area contributed by atoms with Crippen molar-refractivity contribution in [3.8, 4) is 0 Å². The van der Waals surface area contributed by atoms with Gasteiger partial charge in [0.15, 0.2) is 0 Å². The molecule has 0 aliphatic carbocycles. The van der Waals surface area contributed by atoms with Crippen molar-refractivity contribution in [2.24, 2.45) is 0 Å². The number of carbonyl (C=O) groups excluding carboxylic acids is 1. The molecule has 5 heteroatoms. The summed E-state index contributed by atoms with van der Waals surface area (Å²) in [6.07, 6.45) is 1.78. The summed E-state index contributed by atoms with van der Waals surface area (Å²) in [5, 5.41) is 12.5. The van der Waals surface area contributed by atoms with E-state index in [1.165, 1.54) is 0 Å². The third kappa shape index (κ3) is 3.92. The number of hydrogen-bond donors (Lipinski definition) is 2. The van der Waals surface area contributed by atoms with E-state index in [1.807, 2.05) is 49.4 Å². The summed E-state index contributed by atoms with van der Waals surface area (Å²) in [5.41, 5.74) is 2.50. The molecule has 2 N–H and O–H groups in total. The summed E-state index contributed by atoms with van der Waals surface area (Å²) in [6.45, 7) is 3.66. The summed E-state index contributed by atoms with van der Waals surface area (Å²) in [4.78, 5) is 19.0. The Balaban J connectivity index is 1.58.